The van der Waals surface area contributed by atoms with E-state index in [0.29, 0.717) is 11.5 Å². The van der Waals surface area contributed by atoms with E-state index in [2.05, 4.69) is 77.9 Å². The van der Waals surface area contributed by atoms with Crippen LogP contribution in [0.25, 0.3) is 44.3 Å². The van der Waals surface area contributed by atoms with Gasteiger partial charge in [-0.3, -0.25) is 19.9 Å². The highest BCUT2D eigenvalue weighted by atomic mass is 16.5. The molecule has 0 spiro atoms. The van der Waals surface area contributed by atoms with E-state index in [1.165, 1.54) is 11.1 Å². The molecular weight excluding hydrogens is 504 g/mol. The summed E-state index contributed by atoms with van der Waals surface area (Å²) in [7, 11) is 0. The first-order chi connectivity index (χ1) is 19.6. The molecule has 6 rings (SSSR count). The Morgan fingerprint density at radius 2 is 0.927 bits per heavy atom. The molecule has 0 aliphatic heterocycles. The fourth-order valence-electron chi connectivity index (χ4n) is 5.06. The lowest BCUT2D eigenvalue weighted by Crippen LogP contribution is -2.11. The van der Waals surface area contributed by atoms with E-state index in [0.717, 1.165) is 44.3 Å². The molecule has 6 aromatic rings. The van der Waals surface area contributed by atoms with Gasteiger partial charge in [0.2, 0.25) is 0 Å². The Balaban J connectivity index is 1.48. The normalized spacial score (nSPS) is 12.1. The van der Waals surface area contributed by atoms with Gasteiger partial charge >= 0.3 is 0 Å². The zero-order valence-electron chi connectivity index (χ0n) is 24.4. The van der Waals surface area contributed by atoms with E-state index in [9.17, 15) is 0 Å². The van der Waals surface area contributed by atoms with Crippen molar-refractivity contribution in [1.82, 2.24) is 19.9 Å². The average Bonchev–Trinajstić information content (AvgIpc) is 2.95. The third-order valence-corrected chi connectivity index (χ3v) is 7.40. The van der Waals surface area contributed by atoms with Gasteiger partial charge in [-0.15, -0.1) is 0 Å². The Morgan fingerprint density at radius 3 is 1.34 bits per heavy atom. The summed E-state index contributed by atoms with van der Waals surface area (Å²) in [4.78, 5) is 18.9. The molecule has 5 heteroatoms. The lowest BCUT2D eigenvalue weighted by Gasteiger charge is -2.20. The smallest absolute Gasteiger partial charge is 0.128 e. The molecular formula is C36H34N4O. The summed E-state index contributed by atoms with van der Waals surface area (Å²) in [5.74, 6) is 1.43. The number of nitrogens with zero attached hydrogens (tertiary/aromatic N) is 4. The van der Waals surface area contributed by atoms with Crippen molar-refractivity contribution in [2.75, 3.05) is 0 Å². The minimum absolute atomic E-state index is 0.00287. The number of hydrogen-bond acceptors (Lipinski definition) is 5. The van der Waals surface area contributed by atoms with Crippen LogP contribution in [0.1, 0.15) is 52.7 Å². The predicted octanol–water partition coefficient (Wildman–Crippen LogP) is 9.29. The van der Waals surface area contributed by atoms with Crippen molar-refractivity contribution in [2.45, 2.75) is 52.4 Å². The van der Waals surface area contributed by atoms with E-state index in [4.69, 9.17) is 24.7 Å². The van der Waals surface area contributed by atoms with Crippen LogP contribution in [0.5, 0.6) is 11.5 Å². The fourth-order valence-corrected chi connectivity index (χ4v) is 5.06. The van der Waals surface area contributed by atoms with Gasteiger partial charge in [0.1, 0.15) is 11.5 Å². The maximum absolute atomic E-state index is 6.60. The summed E-state index contributed by atoms with van der Waals surface area (Å²) in [5, 5.41) is 1.98. The molecule has 0 saturated carbocycles. The third-order valence-electron chi connectivity index (χ3n) is 7.40. The molecule has 0 unspecified atom stereocenters. The van der Waals surface area contributed by atoms with Crippen LogP contribution in [0.2, 0.25) is 0 Å². The second kappa shape index (κ2) is 10.1. The van der Waals surface area contributed by atoms with Crippen LogP contribution in [0, 0.1) is 0 Å². The summed E-state index contributed by atoms with van der Waals surface area (Å²) in [6, 6.07) is 24.6. The zero-order valence-corrected chi connectivity index (χ0v) is 24.4. The summed E-state index contributed by atoms with van der Waals surface area (Å²) in [6.45, 7) is 13.3. The van der Waals surface area contributed by atoms with Gasteiger partial charge in [-0.1, -0.05) is 53.7 Å². The number of rotatable bonds is 4. The molecule has 0 bridgehead atoms. The number of aromatic nitrogens is 4. The second-order valence-electron chi connectivity index (χ2n) is 12.6. The van der Waals surface area contributed by atoms with Gasteiger partial charge < -0.3 is 4.74 Å². The van der Waals surface area contributed by atoms with E-state index in [-0.39, 0.29) is 10.8 Å². The summed E-state index contributed by atoms with van der Waals surface area (Å²) >= 11 is 0. The highest BCUT2D eigenvalue weighted by molar-refractivity contribution is 5.95. The molecule has 0 saturated heterocycles. The van der Waals surface area contributed by atoms with E-state index in [1.807, 2.05) is 61.2 Å². The lowest BCUT2D eigenvalue weighted by molar-refractivity contribution is 0.484. The van der Waals surface area contributed by atoms with Crippen molar-refractivity contribution in [1.29, 1.82) is 0 Å². The van der Waals surface area contributed by atoms with Gasteiger partial charge in [-0.25, -0.2) is 0 Å². The number of pyridine rings is 4. The van der Waals surface area contributed by atoms with Crippen LogP contribution in [-0.2, 0) is 10.8 Å². The van der Waals surface area contributed by atoms with E-state index in [1.54, 1.807) is 0 Å². The molecule has 0 fully saturated rings. The van der Waals surface area contributed by atoms with Crippen molar-refractivity contribution >= 4 is 21.8 Å². The Hall–Kier alpha value is -4.64. The highest BCUT2D eigenvalue weighted by Crippen LogP contribution is 2.38. The molecule has 0 aliphatic rings. The number of ether oxygens (including phenoxy) is 1. The molecule has 4 aromatic heterocycles. The molecule has 204 valence electrons. The van der Waals surface area contributed by atoms with Gasteiger partial charge in [0.15, 0.2) is 0 Å². The fraction of sp³-hybridized carbons (Fsp3) is 0.222. The van der Waals surface area contributed by atoms with Crippen molar-refractivity contribution in [3.63, 3.8) is 0 Å². The molecule has 0 radical (unpaired) electrons. The number of benzene rings is 2. The summed E-state index contributed by atoms with van der Waals surface area (Å²) < 4.78 is 6.60. The van der Waals surface area contributed by atoms with Crippen LogP contribution in [0.4, 0.5) is 0 Å². The van der Waals surface area contributed by atoms with Crippen LogP contribution >= 0.6 is 0 Å². The van der Waals surface area contributed by atoms with Gasteiger partial charge in [0, 0.05) is 46.7 Å². The standard InChI is InChI=1S/C36H34N4O/c1-35(2,3)25-11-15-37-31(19-25)29-21-27(17-23-9-7-13-39-33(23)29)41-28-18-24-10-8-14-40-34(24)30(22-28)32-20-26(12-16-38-32)36(4,5)6/h7-22H,1-6H3. The quantitative estimate of drug-likeness (QED) is 0.224. The van der Waals surface area contributed by atoms with Crippen LogP contribution < -0.4 is 4.74 Å². The Morgan fingerprint density at radius 1 is 0.488 bits per heavy atom. The minimum Gasteiger partial charge on any atom is -0.457 e. The van der Waals surface area contributed by atoms with Gasteiger partial charge in [-0.2, -0.15) is 0 Å². The monoisotopic (exact) mass is 538 g/mol. The number of fused-ring (bicyclic) bond motifs is 2. The Bertz CT molecular complexity index is 1760. The lowest BCUT2D eigenvalue weighted by atomic mass is 9.87. The predicted molar refractivity (Wildman–Crippen MR) is 167 cm³/mol. The molecule has 2 aromatic carbocycles. The van der Waals surface area contributed by atoms with Gasteiger partial charge in [0.25, 0.3) is 0 Å². The maximum Gasteiger partial charge on any atom is 0.128 e. The highest BCUT2D eigenvalue weighted by Gasteiger charge is 2.19. The van der Waals surface area contributed by atoms with Gasteiger partial charge in [-0.05, 0) is 82.6 Å². The molecule has 0 amide bonds. The molecule has 41 heavy (non-hydrogen) atoms. The average molecular weight is 539 g/mol. The van der Waals surface area contributed by atoms with E-state index < -0.39 is 0 Å². The van der Waals surface area contributed by atoms with Crippen molar-refractivity contribution < 1.29 is 4.74 Å². The Kier molecular flexibility index (Phi) is 6.53. The van der Waals surface area contributed by atoms with Gasteiger partial charge in [0.05, 0.1) is 22.4 Å². The summed E-state index contributed by atoms with van der Waals surface area (Å²) in [5.41, 5.74) is 7.85. The second-order valence-corrected chi connectivity index (χ2v) is 12.6. The van der Waals surface area contributed by atoms with Crippen LogP contribution in [0.3, 0.4) is 0 Å². The van der Waals surface area contributed by atoms with Crippen molar-refractivity contribution in [3.05, 3.63) is 109 Å². The minimum atomic E-state index is 0.00287. The zero-order chi connectivity index (χ0) is 28.8. The summed E-state index contributed by atoms with van der Waals surface area (Å²) in [6.07, 6.45) is 7.39. The maximum atomic E-state index is 6.60. The Labute approximate surface area is 241 Å². The van der Waals surface area contributed by atoms with Crippen molar-refractivity contribution in [3.8, 4) is 34.0 Å². The first-order valence-corrected chi connectivity index (χ1v) is 14.0. The number of hydrogen-bond donors (Lipinski definition) is 0. The topological polar surface area (TPSA) is 60.8 Å². The SMILES string of the molecule is CC(C)(C)c1ccnc(-c2cc(Oc3cc(-c4cc(C(C)(C)C)ccn4)c4ncccc4c3)cc3cccnc23)c1. The van der Waals surface area contributed by atoms with Crippen LogP contribution in [-0.4, -0.2) is 19.9 Å². The van der Waals surface area contributed by atoms with Crippen molar-refractivity contribution in [2.24, 2.45) is 0 Å². The molecule has 0 atom stereocenters. The molecule has 5 nitrogen and oxygen atoms in total. The van der Waals surface area contributed by atoms with Crippen LogP contribution in [0.15, 0.2) is 97.6 Å². The first kappa shape index (κ1) is 26.6. The molecule has 0 N–H and O–H groups in total. The largest absolute Gasteiger partial charge is 0.457 e. The third kappa shape index (κ3) is 5.40. The first-order valence-electron chi connectivity index (χ1n) is 14.0. The van der Waals surface area contributed by atoms with E-state index >= 15 is 0 Å². The molecule has 0 aliphatic carbocycles. The molecule has 4 heterocycles.